The zero-order valence-corrected chi connectivity index (χ0v) is 31.0. The lowest BCUT2D eigenvalue weighted by Crippen LogP contribution is -2.23. The molecule has 0 radical (unpaired) electrons. The van der Waals surface area contributed by atoms with Crippen molar-refractivity contribution in [1.29, 1.82) is 0 Å². The Morgan fingerprint density at radius 1 is 0.727 bits per heavy atom. The third kappa shape index (κ3) is 8.69. The van der Waals surface area contributed by atoms with Gasteiger partial charge in [0, 0.05) is 18.1 Å². The summed E-state index contributed by atoms with van der Waals surface area (Å²) in [6, 6.07) is 22.6. The van der Waals surface area contributed by atoms with Crippen molar-refractivity contribution in [2.24, 2.45) is 15.4 Å². The summed E-state index contributed by atoms with van der Waals surface area (Å²) in [5, 5.41) is 37.3. The molecule has 0 aliphatic rings. The van der Waals surface area contributed by atoms with Crippen LogP contribution in [0.15, 0.2) is 98.7 Å². The van der Waals surface area contributed by atoms with Gasteiger partial charge in [-0.25, -0.2) is 31.8 Å². The number of benzene rings is 3. The number of Topliss-reactive ketones (excluding diaryl/α,β-unsaturated/α-hetero) is 2. The first-order chi connectivity index (χ1) is 26.1. The van der Waals surface area contributed by atoms with Gasteiger partial charge in [-0.3, -0.25) is 35.2 Å². The van der Waals surface area contributed by atoms with Crippen LogP contribution in [0.4, 0.5) is 16.0 Å². The molecule has 280 valence electrons. The Hall–Kier alpha value is -6.44. The lowest BCUT2D eigenvalue weighted by molar-refractivity contribution is -0.111. The number of carbonyl (C=O) groups excluding carboxylic acids is 4. The summed E-state index contributed by atoms with van der Waals surface area (Å²) in [7, 11) is -8.54. The van der Waals surface area contributed by atoms with E-state index < -0.39 is 57.8 Å². The molecule has 3 aromatic carbocycles. The SMILES string of the molecule is CC(=O)/C(=N\Nc1cccc(-n2nc(C(=O)Nc3nnc(S(N)(=O)=O)s3)c(C(=O)Nc3nnc(S(N)(=O)=O)s3)c2-c2ccccc2)c1)C(=O)c1ccccc1. The summed E-state index contributed by atoms with van der Waals surface area (Å²) >= 11 is 0.897. The molecular weight excluding hydrogens is 797 g/mol. The molecule has 7 N–H and O–H groups in total. The van der Waals surface area contributed by atoms with Gasteiger partial charge in [-0.15, -0.1) is 20.4 Å². The van der Waals surface area contributed by atoms with Crippen molar-refractivity contribution < 1.29 is 36.0 Å². The van der Waals surface area contributed by atoms with Gasteiger partial charge >= 0.3 is 0 Å². The van der Waals surface area contributed by atoms with E-state index >= 15 is 0 Å². The molecule has 0 spiro atoms. The van der Waals surface area contributed by atoms with E-state index in [0.717, 1.165) is 0 Å². The van der Waals surface area contributed by atoms with Gasteiger partial charge in [0.25, 0.3) is 31.9 Å². The topological polar surface area (TPSA) is 306 Å². The van der Waals surface area contributed by atoms with Crippen LogP contribution in [0.3, 0.4) is 0 Å². The largest absolute Gasteiger partial charge is 0.296 e. The van der Waals surface area contributed by atoms with Crippen molar-refractivity contribution in [3.63, 3.8) is 0 Å². The van der Waals surface area contributed by atoms with Crippen molar-refractivity contribution in [1.82, 2.24) is 30.2 Å². The number of ketones is 2. The molecule has 6 rings (SSSR count). The maximum absolute atomic E-state index is 14.1. The number of nitrogens with zero attached hydrogens (tertiary/aromatic N) is 7. The van der Waals surface area contributed by atoms with Crippen molar-refractivity contribution in [2.75, 3.05) is 16.1 Å². The molecular formula is C31H24N12O8S4. The number of carbonyl (C=O) groups is 4. The highest BCUT2D eigenvalue weighted by molar-refractivity contribution is 7.91. The van der Waals surface area contributed by atoms with E-state index in [9.17, 15) is 36.0 Å². The van der Waals surface area contributed by atoms with Gasteiger partial charge in [-0.05, 0) is 18.2 Å². The van der Waals surface area contributed by atoms with Crippen LogP contribution in [-0.2, 0) is 24.8 Å². The van der Waals surface area contributed by atoms with Crippen LogP contribution in [0.25, 0.3) is 16.9 Å². The van der Waals surface area contributed by atoms with Crippen LogP contribution in [0.2, 0.25) is 0 Å². The maximum atomic E-state index is 14.1. The molecule has 20 nitrogen and oxygen atoms in total. The summed E-state index contributed by atoms with van der Waals surface area (Å²) in [5.41, 5.74) is 2.64. The van der Waals surface area contributed by atoms with E-state index in [-0.39, 0.29) is 44.2 Å². The average Bonchev–Trinajstić information content (AvgIpc) is 3.91. The Morgan fingerprint density at radius 3 is 1.84 bits per heavy atom. The number of primary sulfonamides is 2. The normalized spacial score (nSPS) is 11.9. The molecule has 24 heteroatoms. The van der Waals surface area contributed by atoms with E-state index in [1.54, 1.807) is 78.9 Å². The highest BCUT2D eigenvalue weighted by Gasteiger charge is 2.32. The van der Waals surface area contributed by atoms with Gasteiger partial charge in [0.1, 0.15) is 0 Å². The lowest BCUT2D eigenvalue weighted by Gasteiger charge is -2.11. The number of rotatable bonds is 13. The second-order valence-corrected chi connectivity index (χ2v) is 16.4. The fourth-order valence-corrected chi connectivity index (χ4v) is 7.41. The molecule has 0 atom stereocenters. The Labute approximate surface area is 318 Å². The van der Waals surface area contributed by atoms with Crippen LogP contribution in [-0.4, -0.2) is 76.1 Å². The first-order valence-electron chi connectivity index (χ1n) is 15.2. The fraction of sp³-hybridized carbons (Fsp3) is 0.0323. The first kappa shape index (κ1) is 38.3. The predicted octanol–water partition coefficient (Wildman–Crippen LogP) is 2.28. The van der Waals surface area contributed by atoms with Gasteiger partial charge < -0.3 is 0 Å². The third-order valence-electron chi connectivity index (χ3n) is 7.09. The van der Waals surface area contributed by atoms with E-state index in [0.29, 0.717) is 28.2 Å². The maximum Gasteiger partial charge on any atom is 0.278 e. The molecule has 3 aromatic heterocycles. The quantitative estimate of drug-likeness (QED) is 0.0367. The number of nitrogens with one attached hydrogen (secondary N) is 3. The van der Waals surface area contributed by atoms with Gasteiger partial charge in [0.2, 0.25) is 24.7 Å². The Balaban J connectivity index is 1.47. The second kappa shape index (κ2) is 15.5. The molecule has 0 aliphatic heterocycles. The second-order valence-electron chi connectivity index (χ2n) is 11.0. The number of hydrogen-bond acceptors (Lipinski definition) is 17. The number of aromatic nitrogens is 6. The highest BCUT2D eigenvalue weighted by atomic mass is 32.3. The minimum atomic E-state index is -4.27. The summed E-state index contributed by atoms with van der Waals surface area (Å²) in [6.07, 6.45) is 0. The molecule has 0 fully saturated rings. The smallest absolute Gasteiger partial charge is 0.278 e. The molecule has 0 saturated heterocycles. The number of anilines is 3. The molecule has 0 unspecified atom stereocenters. The van der Waals surface area contributed by atoms with E-state index in [2.05, 4.69) is 46.7 Å². The standard InChI is InChI=1S/C31H24N12O8S4/c1-16(44)22(25(45)18-11-6-3-7-12-18)37-36-19-13-8-14-20(15-19)43-24(17-9-4-2-5-10-17)21(26(46)34-28-38-40-30(52-28)54(32,48)49)23(42-43)27(47)35-29-39-41-31(53-29)55(33,50)51/h2-15,36H,1H3,(H2,32,48,49)(H2,33,50,51)(H,34,38,46)(H,35,39,47)/b37-22+. The Morgan fingerprint density at radius 2 is 1.29 bits per heavy atom. The van der Waals surface area contributed by atoms with Crippen LogP contribution in [0, 0.1) is 0 Å². The average molecular weight is 821 g/mol. The molecule has 0 saturated carbocycles. The summed E-state index contributed by atoms with van der Waals surface area (Å²) in [5.74, 6) is -3.23. The summed E-state index contributed by atoms with van der Waals surface area (Å²) in [4.78, 5) is 53.5. The fourth-order valence-electron chi connectivity index (χ4n) is 4.75. The van der Waals surface area contributed by atoms with E-state index in [1.807, 2.05) is 0 Å². The lowest BCUT2D eigenvalue weighted by atomic mass is 10.0. The van der Waals surface area contributed by atoms with Gasteiger partial charge in [0.05, 0.1) is 22.6 Å². The molecule has 2 amide bonds. The molecule has 3 heterocycles. The molecule has 6 aromatic rings. The van der Waals surface area contributed by atoms with Crippen LogP contribution >= 0.6 is 22.7 Å². The van der Waals surface area contributed by atoms with Gasteiger partial charge in [-0.2, -0.15) is 10.2 Å². The van der Waals surface area contributed by atoms with Crippen molar-refractivity contribution in [3.8, 4) is 16.9 Å². The van der Waals surface area contributed by atoms with E-state index in [1.165, 1.54) is 17.7 Å². The number of hydrazone groups is 1. The van der Waals surface area contributed by atoms with Crippen LogP contribution in [0.1, 0.15) is 38.1 Å². The minimum absolute atomic E-state index is 0.0475. The Kier molecular flexibility index (Phi) is 10.8. The zero-order valence-electron chi connectivity index (χ0n) is 27.8. The molecule has 0 bridgehead atoms. The van der Waals surface area contributed by atoms with E-state index in [4.69, 9.17) is 10.3 Å². The van der Waals surface area contributed by atoms with Gasteiger partial charge in [0.15, 0.2) is 17.2 Å². The van der Waals surface area contributed by atoms with Crippen molar-refractivity contribution in [2.45, 2.75) is 15.6 Å². The molecule has 55 heavy (non-hydrogen) atoms. The first-order valence-corrected chi connectivity index (χ1v) is 19.9. The predicted molar refractivity (Wildman–Crippen MR) is 200 cm³/mol. The zero-order chi connectivity index (χ0) is 39.5. The van der Waals surface area contributed by atoms with Crippen LogP contribution < -0.4 is 26.3 Å². The number of amides is 2. The van der Waals surface area contributed by atoms with Gasteiger partial charge in [-0.1, -0.05) is 89.4 Å². The van der Waals surface area contributed by atoms with Crippen molar-refractivity contribution >= 4 is 87.8 Å². The summed E-state index contributed by atoms with van der Waals surface area (Å²) < 4.78 is 47.3. The summed E-state index contributed by atoms with van der Waals surface area (Å²) in [6.45, 7) is 1.20. The number of nitrogens with two attached hydrogens (primary N) is 2. The Bertz CT molecular complexity index is 2730. The highest BCUT2D eigenvalue weighted by Crippen LogP contribution is 2.32. The number of sulfonamides is 2. The third-order valence-corrected chi connectivity index (χ3v) is 11.4. The van der Waals surface area contributed by atoms with Crippen molar-refractivity contribution in [3.05, 3.63) is 102 Å². The number of hydrogen-bond donors (Lipinski definition) is 5. The monoisotopic (exact) mass is 820 g/mol. The van der Waals surface area contributed by atoms with Crippen LogP contribution in [0.5, 0.6) is 0 Å². The molecule has 0 aliphatic carbocycles. The minimum Gasteiger partial charge on any atom is -0.296 e.